The SMILES string of the molecule is O=NCCCc1ccc(-c2ccccc2)o1. The van der Waals surface area contributed by atoms with Gasteiger partial charge in [0, 0.05) is 12.0 Å². The highest BCUT2D eigenvalue weighted by Gasteiger charge is 2.03. The van der Waals surface area contributed by atoms with Gasteiger partial charge < -0.3 is 4.42 Å². The molecule has 82 valence electrons. The molecule has 0 aliphatic heterocycles. The highest BCUT2D eigenvalue weighted by atomic mass is 16.3. The maximum absolute atomic E-state index is 9.94. The first kappa shape index (κ1) is 10.6. The van der Waals surface area contributed by atoms with Gasteiger partial charge in [0.1, 0.15) is 11.5 Å². The number of hydrogen-bond acceptors (Lipinski definition) is 3. The van der Waals surface area contributed by atoms with Crippen LogP contribution in [0, 0.1) is 4.91 Å². The van der Waals surface area contributed by atoms with Crippen molar-refractivity contribution < 1.29 is 4.42 Å². The van der Waals surface area contributed by atoms with E-state index in [1.807, 2.05) is 42.5 Å². The van der Waals surface area contributed by atoms with E-state index in [9.17, 15) is 4.91 Å². The van der Waals surface area contributed by atoms with Gasteiger partial charge in [-0.1, -0.05) is 35.5 Å². The molecule has 1 heterocycles. The molecule has 1 aromatic heterocycles. The topological polar surface area (TPSA) is 42.6 Å². The lowest BCUT2D eigenvalue weighted by molar-refractivity contribution is 0.515. The van der Waals surface area contributed by atoms with Crippen LogP contribution in [0.4, 0.5) is 0 Å². The Hall–Kier alpha value is -1.90. The largest absolute Gasteiger partial charge is 0.461 e. The highest BCUT2D eigenvalue weighted by Crippen LogP contribution is 2.22. The molecular weight excluding hydrogens is 202 g/mol. The molecule has 0 saturated carbocycles. The Morgan fingerprint density at radius 3 is 2.62 bits per heavy atom. The molecule has 0 fully saturated rings. The molecule has 0 saturated heterocycles. The first-order valence-corrected chi connectivity index (χ1v) is 5.33. The van der Waals surface area contributed by atoms with Crippen LogP contribution in [0.25, 0.3) is 11.3 Å². The summed E-state index contributed by atoms with van der Waals surface area (Å²) < 4.78 is 5.67. The van der Waals surface area contributed by atoms with Crippen LogP contribution in [0.15, 0.2) is 52.1 Å². The van der Waals surface area contributed by atoms with Crippen molar-refractivity contribution in [1.82, 2.24) is 0 Å². The maximum Gasteiger partial charge on any atom is 0.134 e. The van der Waals surface area contributed by atoms with Crippen molar-refractivity contribution >= 4 is 0 Å². The fraction of sp³-hybridized carbons (Fsp3) is 0.231. The lowest BCUT2D eigenvalue weighted by atomic mass is 10.2. The first-order chi connectivity index (χ1) is 7.90. The summed E-state index contributed by atoms with van der Waals surface area (Å²) in [6, 6.07) is 13.9. The number of nitrogens with zero attached hydrogens (tertiary/aromatic N) is 1. The summed E-state index contributed by atoms with van der Waals surface area (Å²) >= 11 is 0. The molecule has 2 rings (SSSR count). The summed E-state index contributed by atoms with van der Waals surface area (Å²) in [7, 11) is 0. The van der Waals surface area contributed by atoms with Gasteiger partial charge in [-0.15, -0.1) is 0 Å². The second kappa shape index (κ2) is 5.26. The minimum absolute atomic E-state index is 0.349. The van der Waals surface area contributed by atoms with Gasteiger partial charge in [-0.05, 0) is 18.6 Å². The summed E-state index contributed by atoms with van der Waals surface area (Å²) in [5.74, 6) is 1.78. The zero-order valence-corrected chi connectivity index (χ0v) is 8.93. The van der Waals surface area contributed by atoms with Crippen LogP contribution in [-0.2, 0) is 6.42 Å². The van der Waals surface area contributed by atoms with Crippen LogP contribution in [-0.4, -0.2) is 6.54 Å². The third kappa shape index (κ3) is 2.57. The lowest BCUT2D eigenvalue weighted by Crippen LogP contribution is -1.84. The van der Waals surface area contributed by atoms with E-state index in [1.54, 1.807) is 0 Å². The monoisotopic (exact) mass is 215 g/mol. The molecule has 16 heavy (non-hydrogen) atoms. The molecular formula is C13H13NO2. The quantitative estimate of drug-likeness (QED) is 0.564. The average Bonchev–Trinajstić information content (AvgIpc) is 2.79. The standard InChI is InChI=1S/C13H13NO2/c15-14-10-4-7-12-8-9-13(16-12)11-5-2-1-3-6-11/h1-3,5-6,8-9H,4,7,10H2. The van der Waals surface area contributed by atoms with Crippen LogP contribution in [0.3, 0.4) is 0 Å². The normalized spacial score (nSPS) is 10.2. The van der Waals surface area contributed by atoms with E-state index in [1.165, 1.54) is 0 Å². The molecule has 1 aromatic carbocycles. The number of nitroso groups, excluding NO2 is 1. The molecule has 0 aliphatic carbocycles. The Bertz CT molecular complexity index is 448. The van der Waals surface area contributed by atoms with E-state index in [0.717, 1.165) is 29.9 Å². The van der Waals surface area contributed by atoms with Crippen molar-refractivity contribution in [2.45, 2.75) is 12.8 Å². The number of rotatable bonds is 5. The van der Waals surface area contributed by atoms with Gasteiger partial charge in [0.25, 0.3) is 0 Å². The number of benzene rings is 1. The highest BCUT2D eigenvalue weighted by molar-refractivity contribution is 5.57. The zero-order chi connectivity index (χ0) is 11.2. The molecule has 0 amide bonds. The first-order valence-electron chi connectivity index (χ1n) is 5.33. The van der Waals surface area contributed by atoms with Gasteiger partial charge in [-0.25, -0.2) is 0 Å². The average molecular weight is 215 g/mol. The van der Waals surface area contributed by atoms with E-state index in [-0.39, 0.29) is 0 Å². The molecule has 3 heteroatoms. The van der Waals surface area contributed by atoms with E-state index >= 15 is 0 Å². The molecule has 0 atom stereocenters. The molecule has 0 unspecified atom stereocenters. The van der Waals surface area contributed by atoms with Gasteiger partial charge in [-0.3, -0.25) is 0 Å². The van der Waals surface area contributed by atoms with Crippen LogP contribution in [0.1, 0.15) is 12.2 Å². The Balaban J connectivity index is 2.05. The number of furan rings is 1. The summed E-state index contributed by atoms with van der Waals surface area (Å²) in [5, 5.41) is 2.82. The predicted octanol–water partition coefficient (Wildman–Crippen LogP) is 3.65. The van der Waals surface area contributed by atoms with E-state index < -0.39 is 0 Å². The number of aryl methyl sites for hydroxylation is 1. The third-order valence-electron chi connectivity index (χ3n) is 2.39. The summed E-state index contributed by atoms with van der Waals surface area (Å²) in [6.45, 7) is 0.349. The minimum Gasteiger partial charge on any atom is -0.461 e. The third-order valence-corrected chi connectivity index (χ3v) is 2.39. The fourth-order valence-corrected chi connectivity index (χ4v) is 1.59. The Labute approximate surface area is 94.1 Å². The van der Waals surface area contributed by atoms with Crippen molar-refractivity contribution in [3.8, 4) is 11.3 Å². The van der Waals surface area contributed by atoms with Crippen molar-refractivity contribution in [2.24, 2.45) is 5.18 Å². The summed E-state index contributed by atoms with van der Waals surface area (Å²) in [4.78, 5) is 9.94. The van der Waals surface area contributed by atoms with Crippen LogP contribution in [0.5, 0.6) is 0 Å². The second-order valence-corrected chi connectivity index (χ2v) is 3.59. The predicted molar refractivity (Wildman–Crippen MR) is 63.1 cm³/mol. The summed E-state index contributed by atoms with van der Waals surface area (Å²) in [6.07, 6.45) is 1.50. The van der Waals surface area contributed by atoms with Crippen molar-refractivity contribution in [1.29, 1.82) is 0 Å². The Morgan fingerprint density at radius 1 is 1.06 bits per heavy atom. The lowest BCUT2D eigenvalue weighted by Gasteiger charge is -1.96. The fourth-order valence-electron chi connectivity index (χ4n) is 1.59. The van der Waals surface area contributed by atoms with Crippen LogP contribution < -0.4 is 0 Å². The van der Waals surface area contributed by atoms with Gasteiger partial charge in [-0.2, -0.15) is 4.91 Å². The zero-order valence-electron chi connectivity index (χ0n) is 8.93. The maximum atomic E-state index is 9.94. The second-order valence-electron chi connectivity index (χ2n) is 3.59. The van der Waals surface area contributed by atoms with Crippen LogP contribution >= 0.6 is 0 Å². The van der Waals surface area contributed by atoms with Gasteiger partial charge in [0.2, 0.25) is 0 Å². The van der Waals surface area contributed by atoms with Gasteiger partial charge >= 0.3 is 0 Å². The Morgan fingerprint density at radius 2 is 1.88 bits per heavy atom. The molecule has 2 aromatic rings. The van der Waals surface area contributed by atoms with Crippen LogP contribution in [0.2, 0.25) is 0 Å². The summed E-state index contributed by atoms with van der Waals surface area (Å²) in [5.41, 5.74) is 1.07. The molecule has 3 nitrogen and oxygen atoms in total. The van der Waals surface area contributed by atoms with Gasteiger partial charge in [0.05, 0.1) is 6.54 Å². The smallest absolute Gasteiger partial charge is 0.134 e. The van der Waals surface area contributed by atoms with E-state index in [4.69, 9.17) is 4.42 Å². The van der Waals surface area contributed by atoms with E-state index in [0.29, 0.717) is 6.54 Å². The molecule has 0 bridgehead atoms. The molecule has 0 spiro atoms. The van der Waals surface area contributed by atoms with Crippen molar-refractivity contribution in [3.05, 3.63) is 53.1 Å². The molecule has 0 aliphatic rings. The Kier molecular flexibility index (Phi) is 3.49. The van der Waals surface area contributed by atoms with E-state index in [2.05, 4.69) is 5.18 Å². The molecule has 0 N–H and O–H groups in total. The number of hydrogen-bond donors (Lipinski definition) is 0. The molecule has 0 radical (unpaired) electrons. The van der Waals surface area contributed by atoms with Gasteiger partial charge in [0.15, 0.2) is 0 Å². The van der Waals surface area contributed by atoms with Crippen molar-refractivity contribution in [3.63, 3.8) is 0 Å². The van der Waals surface area contributed by atoms with Crippen molar-refractivity contribution in [2.75, 3.05) is 6.54 Å². The minimum atomic E-state index is 0.349.